The van der Waals surface area contributed by atoms with E-state index in [4.69, 9.17) is 4.74 Å². The van der Waals surface area contributed by atoms with Crippen molar-refractivity contribution in [2.45, 2.75) is 72.2 Å². The third-order valence-electron chi connectivity index (χ3n) is 5.71. The van der Waals surface area contributed by atoms with Gasteiger partial charge in [-0.2, -0.15) is 0 Å². The van der Waals surface area contributed by atoms with Crippen LogP contribution in [0, 0.1) is 11.8 Å². The van der Waals surface area contributed by atoms with Crippen molar-refractivity contribution in [3.63, 3.8) is 0 Å². The maximum Gasteiger partial charge on any atom is 0.255 e. The highest BCUT2D eigenvalue weighted by Gasteiger charge is 2.31. The molecule has 3 unspecified atom stereocenters. The molecular weight excluding hydrogens is 424 g/mol. The summed E-state index contributed by atoms with van der Waals surface area (Å²) in [4.78, 5) is 12.7. The lowest BCUT2D eigenvalue weighted by atomic mass is 9.99. The number of ether oxygens (including phenoxy) is 1. The smallest absolute Gasteiger partial charge is 0.255 e. The van der Waals surface area contributed by atoms with Crippen molar-refractivity contribution in [3.8, 4) is 0 Å². The summed E-state index contributed by atoms with van der Waals surface area (Å²) in [6, 6.07) is 0. The number of rotatable bonds is 12. The summed E-state index contributed by atoms with van der Waals surface area (Å²) in [7, 11) is -3.34. The van der Waals surface area contributed by atoms with Gasteiger partial charge in [0.1, 0.15) is 6.10 Å². The van der Waals surface area contributed by atoms with Crippen molar-refractivity contribution in [1.82, 2.24) is 10.0 Å². The van der Waals surface area contributed by atoms with E-state index >= 15 is 0 Å². The maximum atomic E-state index is 12.7. The lowest BCUT2D eigenvalue weighted by Gasteiger charge is -2.20. The summed E-state index contributed by atoms with van der Waals surface area (Å²) >= 11 is 0. The third kappa shape index (κ3) is 9.17. The van der Waals surface area contributed by atoms with E-state index in [2.05, 4.69) is 30.5 Å². The summed E-state index contributed by atoms with van der Waals surface area (Å²) in [5, 5.41) is 2.33. The van der Waals surface area contributed by atoms with Crippen LogP contribution in [0.4, 0.5) is 0 Å². The van der Waals surface area contributed by atoms with Crippen LogP contribution in [0.5, 0.6) is 0 Å². The van der Waals surface area contributed by atoms with Crippen LogP contribution in [0.15, 0.2) is 60.1 Å². The number of amides is 1. The summed E-state index contributed by atoms with van der Waals surface area (Å²) in [6.45, 7) is 15.5. The van der Waals surface area contributed by atoms with Crippen LogP contribution in [0.2, 0.25) is 0 Å². The van der Waals surface area contributed by atoms with E-state index < -0.39 is 15.3 Å². The zero-order valence-corrected chi connectivity index (χ0v) is 21.2. The predicted molar refractivity (Wildman–Crippen MR) is 132 cm³/mol. The number of sulfonamides is 1. The van der Waals surface area contributed by atoms with Crippen molar-refractivity contribution in [3.05, 3.63) is 60.1 Å². The van der Waals surface area contributed by atoms with Gasteiger partial charge in [-0.05, 0) is 70.1 Å². The fraction of sp³-hybridized carbons (Fsp3) is 0.560. The van der Waals surface area contributed by atoms with Crippen molar-refractivity contribution >= 4 is 15.9 Å². The van der Waals surface area contributed by atoms with Gasteiger partial charge in [-0.1, -0.05) is 45.6 Å². The van der Waals surface area contributed by atoms with Crippen molar-refractivity contribution < 1.29 is 17.9 Å². The molecule has 3 atom stereocenters. The van der Waals surface area contributed by atoms with Gasteiger partial charge in [-0.15, -0.1) is 0 Å². The molecule has 1 fully saturated rings. The first-order valence-electron chi connectivity index (χ1n) is 11.4. The molecule has 6 nitrogen and oxygen atoms in total. The molecule has 0 spiro atoms. The number of nitrogens with one attached hydrogen (secondary N) is 2. The molecule has 2 N–H and O–H groups in total. The van der Waals surface area contributed by atoms with Crippen LogP contribution in [-0.4, -0.2) is 32.2 Å². The van der Waals surface area contributed by atoms with Gasteiger partial charge in [-0.25, -0.2) is 13.1 Å². The summed E-state index contributed by atoms with van der Waals surface area (Å²) in [6.07, 6.45) is 13.4. The Balaban J connectivity index is 2.75. The SMILES string of the molecule is C=C/C(=C\C=C(/C)OC1CCC(C)C1C)NC(=O)C(/C=C\CNS(=O)(=O)C(C)C)=C/CC. The van der Waals surface area contributed by atoms with Crippen molar-refractivity contribution in [2.24, 2.45) is 11.8 Å². The fourth-order valence-corrected chi connectivity index (χ4v) is 3.97. The van der Waals surface area contributed by atoms with Crippen LogP contribution < -0.4 is 10.0 Å². The number of allylic oxidation sites excluding steroid dienone is 5. The van der Waals surface area contributed by atoms with Gasteiger partial charge >= 0.3 is 0 Å². The first-order valence-corrected chi connectivity index (χ1v) is 12.9. The first kappa shape index (κ1) is 27.9. The second kappa shape index (κ2) is 13.4. The number of carbonyl (C=O) groups is 1. The molecule has 0 saturated heterocycles. The van der Waals surface area contributed by atoms with Crippen LogP contribution in [0.1, 0.15) is 60.8 Å². The molecule has 0 aliphatic heterocycles. The van der Waals surface area contributed by atoms with Gasteiger partial charge in [-0.3, -0.25) is 4.79 Å². The highest BCUT2D eigenvalue weighted by Crippen LogP contribution is 2.34. The van der Waals surface area contributed by atoms with Gasteiger partial charge < -0.3 is 10.1 Å². The lowest BCUT2D eigenvalue weighted by molar-refractivity contribution is -0.116. The Morgan fingerprint density at radius 2 is 1.91 bits per heavy atom. The molecule has 1 amide bonds. The molecule has 0 radical (unpaired) electrons. The Morgan fingerprint density at radius 3 is 2.44 bits per heavy atom. The summed E-state index contributed by atoms with van der Waals surface area (Å²) < 4.78 is 32.2. The highest BCUT2D eigenvalue weighted by atomic mass is 32.2. The quantitative estimate of drug-likeness (QED) is 0.248. The zero-order valence-electron chi connectivity index (χ0n) is 20.4. The number of hydrogen-bond acceptors (Lipinski definition) is 4. The molecule has 7 heteroatoms. The Morgan fingerprint density at radius 1 is 1.22 bits per heavy atom. The normalized spacial score (nSPS) is 23.1. The van der Waals surface area contributed by atoms with E-state index in [1.807, 2.05) is 19.9 Å². The number of hydrogen-bond donors (Lipinski definition) is 2. The largest absolute Gasteiger partial charge is 0.495 e. The fourth-order valence-electron chi connectivity index (χ4n) is 3.31. The van der Waals surface area contributed by atoms with Crippen LogP contribution in [-0.2, 0) is 19.6 Å². The van der Waals surface area contributed by atoms with E-state index in [0.29, 0.717) is 29.5 Å². The molecule has 1 rings (SSSR count). The molecule has 1 saturated carbocycles. The van der Waals surface area contributed by atoms with Gasteiger partial charge in [0.05, 0.1) is 11.0 Å². The Labute approximate surface area is 194 Å². The topological polar surface area (TPSA) is 84.5 Å². The molecule has 0 aromatic carbocycles. The predicted octanol–water partition coefficient (Wildman–Crippen LogP) is 4.75. The average molecular weight is 465 g/mol. The highest BCUT2D eigenvalue weighted by molar-refractivity contribution is 7.90. The molecule has 0 bridgehead atoms. The first-order chi connectivity index (χ1) is 15.0. The van der Waals surface area contributed by atoms with Crippen LogP contribution in [0.25, 0.3) is 0 Å². The molecule has 1 aliphatic carbocycles. The molecule has 180 valence electrons. The summed E-state index contributed by atoms with van der Waals surface area (Å²) in [5.41, 5.74) is 1.01. The Kier molecular flexibility index (Phi) is 11.7. The van der Waals surface area contributed by atoms with E-state index in [1.165, 1.54) is 6.42 Å². The molecule has 0 heterocycles. The zero-order chi connectivity index (χ0) is 24.3. The molecule has 1 aliphatic rings. The second-order valence-electron chi connectivity index (χ2n) is 8.54. The Hall–Kier alpha value is -2.12. The van der Waals surface area contributed by atoms with E-state index in [9.17, 15) is 13.2 Å². The Bertz CT molecular complexity index is 866. The number of carbonyl (C=O) groups excluding carboxylic acids is 1. The van der Waals surface area contributed by atoms with Gasteiger partial charge in [0.25, 0.3) is 5.91 Å². The monoisotopic (exact) mass is 464 g/mol. The van der Waals surface area contributed by atoms with Gasteiger partial charge in [0.2, 0.25) is 10.0 Å². The van der Waals surface area contributed by atoms with Crippen LogP contribution in [0.3, 0.4) is 0 Å². The van der Waals surface area contributed by atoms with Crippen molar-refractivity contribution in [2.75, 3.05) is 6.54 Å². The van der Waals surface area contributed by atoms with Gasteiger partial charge in [0, 0.05) is 17.8 Å². The minimum absolute atomic E-state index is 0.122. The minimum Gasteiger partial charge on any atom is -0.495 e. The van der Waals surface area contributed by atoms with E-state index in [0.717, 1.165) is 12.2 Å². The molecule has 0 aromatic rings. The van der Waals surface area contributed by atoms with Crippen molar-refractivity contribution in [1.29, 1.82) is 0 Å². The second-order valence-corrected chi connectivity index (χ2v) is 10.9. The van der Waals surface area contributed by atoms with Gasteiger partial charge in [0.15, 0.2) is 0 Å². The van der Waals surface area contributed by atoms with Crippen LogP contribution >= 0.6 is 0 Å². The van der Waals surface area contributed by atoms with E-state index in [1.54, 1.807) is 44.2 Å². The molecule has 32 heavy (non-hydrogen) atoms. The molecule has 0 aromatic heterocycles. The summed E-state index contributed by atoms with van der Waals surface area (Å²) in [5.74, 6) is 1.71. The third-order valence-corrected chi connectivity index (χ3v) is 7.52. The molecular formula is C25H40N2O4S. The standard InChI is InChI=1S/C25H40N2O4S/c1-8-11-22(12-10-17-26-32(29,30)18(3)4)25(28)27-23(9-2)15-14-20(6)31-24-16-13-19(5)21(24)7/h9-12,14-15,18-19,21,24,26H,2,8,13,16-17H2,1,3-7H3,(H,27,28)/b12-10-,20-14+,22-11+,23-15+. The lowest BCUT2D eigenvalue weighted by Crippen LogP contribution is -2.30. The minimum atomic E-state index is -3.34. The average Bonchev–Trinajstić information content (AvgIpc) is 3.04. The maximum absolute atomic E-state index is 12.7. The van der Waals surface area contributed by atoms with E-state index in [-0.39, 0.29) is 18.6 Å².